The first-order chi connectivity index (χ1) is 15.0. The van der Waals surface area contributed by atoms with Gasteiger partial charge in [-0.1, -0.05) is 30.7 Å². The number of para-hydroxylation sites is 1. The normalized spacial score (nSPS) is 14.7. The Morgan fingerprint density at radius 2 is 1.39 bits per heavy atom. The van der Waals surface area contributed by atoms with E-state index < -0.39 is 16.0 Å². The van der Waals surface area contributed by atoms with E-state index in [0.29, 0.717) is 30.3 Å². The van der Waals surface area contributed by atoms with Gasteiger partial charge in [0.2, 0.25) is 10.0 Å². The highest BCUT2D eigenvalue weighted by Crippen LogP contribution is 2.25. The van der Waals surface area contributed by atoms with E-state index in [1.165, 1.54) is 16.4 Å². The standard InChI is InChI=1S/C24H23NO5S/c26-24(30-22-14-12-21(13-15-22)29-20-9-3-1-4-10-20)19-8-7-11-23(18-19)31(27,28)25-16-5-2-6-17-25/h1,3-4,7-15,18H,2,5-6,16-17H2. The molecule has 0 radical (unpaired) electrons. The fraction of sp³-hybridized carbons (Fsp3) is 0.208. The minimum absolute atomic E-state index is 0.107. The molecule has 4 rings (SSSR count). The number of carbonyl (C=O) groups excluding carboxylic acids is 1. The van der Waals surface area contributed by atoms with Gasteiger partial charge in [0.15, 0.2) is 0 Å². The number of benzene rings is 3. The van der Waals surface area contributed by atoms with E-state index in [2.05, 4.69) is 0 Å². The van der Waals surface area contributed by atoms with Gasteiger partial charge in [0, 0.05) is 13.1 Å². The predicted octanol–water partition coefficient (Wildman–Crippen LogP) is 4.87. The number of hydrogen-bond acceptors (Lipinski definition) is 5. The second kappa shape index (κ2) is 9.32. The van der Waals surface area contributed by atoms with Crippen molar-refractivity contribution in [2.45, 2.75) is 24.2 Å². The van der Waals surface area contributed by atoms with Crippen LogP contribution in [0, 0.1) is 0 Å². The molecule has 3 aromatic rings. The fourth-order valence-electron chi connectivity index (χ4n) is 3.40. The molecule has 1 heterocycles. The molecule has 1 aliphatic heterocycles. The van der Waals surface area contributed by atoms with Gasteiger partial charge in [0.1, 0.15) is 17.2 Å². The molecule has 0 aromatic heterocycles. The van der Waals surface area contributed by atoms with Crippen molar-refractivity contribution in [3.8, 4) is 17.2 Å². The Balaban J connectivity index is 1.44. The third-order valence-corrected chi connectivity index (χ3v) is 6.93. The highest BCUT2D eigenvalue weighted by Gasteiger charge is 2.26. The zero-order chi connectivity index (χ0) is 21.7. The lowest BCUT2D eigenvalue weighted by Crippen LogP contribution is -2.35. The van der Waals surface area contributed by atoms with E-state index in [4.69, 9.17) is 9.47 Å². The summed E-state index contributed by atoms with van der Waals surface area (Å²) in [6.45, 7) is 1.02. The van der Waals surface area contributed by atoms with E-state index in [-0.39, 0.29) is 10.5 Å². The van der Waals surface area contributed by atoms with Gasteiger partial charge in [-0.3, -0.25) is 0 Å². The SMILES string of the molecule is O=C(Oc1ccc(Oc2ccccc2)cc1)c1cccc(S(=O)(=O)N2CCCCC2)c1. The molecule has 0 aliphatic carbocycles. The zero-order valence-electron chi connectivity index (χ0n) is 16.9. The maximum absolute atomic E-state index is 12.9. The summed E-state index contributed by atoms with van der Waals surface area (Å²) in [4.78, 5) is 12.7. The van der Waals surface area contributed by atoms with Crippen molar-refractivity contribution in [1.82, 2.24) is 4.31 Å². The minimum Gasteiger partial charge on any atom is -0.457 e. The fourth-order valence-corrected chi connectivity index (χ4v) is 4.97. The summed E-state index contributed by atoms with van der Waals surface area (Å²) >= 11 is 0. The van der Waals surface area contributed by atoms with Crippen molar-refractivity contribution in [3.63, 3.8) is 0 Å². The number of rotatable bonds is 6. The van der Waals surface area contributed by atoms with Gasteiger partial charge in [0.25, 0.3) is 0 Å². The third kappa shape index (κ3) is 5.13. The van der Waals surface area contributed by atoms with E-state index in [9.17, 15) is 13.2 Å². The Labute approximate surface area is 182 Å². The minimum atomic E-state index is -3.62. The van der Waals surface area contributed by atoms with Gasteiger partial charge in [-0.15, -0.1) is 0 Å². The van der Waals surface area contributed by atoms with Crippen LogP contribution in [-0.4, -0.2) is 31.8 Å². The molecule has 6 nitrogen and oxygen atoms in total. The van der Waals surface area contributed by atoms with Crippen molar-refractivity contribution in [1.29, 1.82) is 0 Å². The van der Waals surface area contributed by atoms with Gasteiger partial charge in [0.05, 0.1) is 10.5 Å². The van der Waals surface area contributed by atoms with Gasteiger partial charge < -0.3 is 9.47 Å². The van der Waals surface area contributed by atoms with Crippen molar-refractivity contribution in [3.05, 3.63) is 84.4 Å². The third-order valence-electron chi connectivity index (χ3n) is 5.04. The molecular formula is C24H23NO5S. The second-order valence-corrected chi connectivity index (χ2v) is 9.21. The van der Waals surface area contributed by atoms with Gasteiger partial charge >= 0.3 is 5.97 Å². The highest BCUT2D eigenvalue weighted by atomic mass is 32.2. The second-order valence-electron chi connectivity index (χ2n) is 7.27. The number of ether oxygens (including phenoxy) is 2. The van der Waals surface area contributed by atoms with Gasteiger partial charge in [-0.25, -0.2) is 13.2 Å². The number of carbonyl (C=O) groups is 1. The van der Waals surface area contributed by atoms with E-state index in [1.54, 1.807) is 36.4 Å². The summed E-state index contributed by atoms with van der Waals surface area (Å²) < 4.78 is 38.4. The molecule has 160 valence electrons. The quantitative estimate of drug-likeness (QED) is 0.406. The Bertz CT molecular complexity index is 1140. The maximum atomic E-state index is 12.9. The monoisotopic (exact) mass is 437 g/mol. The Kier molecular flexibility index (Phi) is 6.34. The number of nitrogens with zero attached hydrogens (tertiary/aromatic N) is 1. The van der Waals surface area contributed by atoms with Crippen LogP contribution in [-0.2, 0) is 10.0 Å². The summed E-state index contributed by atoms with van der Waals surface area (Å²) in [6, 6.07) is 22.0. The topological polar surface area (TPSA) is 72.9 Å². The lowest BCUT2D eigenvalue weighted by molar-refractivity contribution is 0.0734. The molecule has 1 saturated heterocycles. The first-order valence-corrected chi connectivity index (χ1v) is 11.6. The smallest absolute Gasteiger partial charge is 0.343 e. The molecule has 7 heteroatoms. The van der Waals surface area contributed by atoms with Crippen LogP contribution in [0.2, 0.25) is 0 Å². The van der Waals surface area contributed by atoms with E-state index >= 15 is 0 Å². The van der Waals surface area contributed by atoms with Crippen LogP contribution >= 0.6 is 0 Å². The summed E-state index contributed by atoms with van der Waals surface area (Å²) in [5.41, 5.74) is 0.183. The van der Waals surface area contributed by atoms with Crippen LogP contribution < -0.4 is 9.47 Å². The predicted molar refractivity (Wildman–Crippen MR) is 117 cm³/mol. The zero-order valence-corrected chi connectivity index (χ0v) is 17.8. The average Bonchev–Trinajstić information content (AvgIpc) is 2.82. The lowest BCUT2D eigenvalue weighted by atomic mass is 10.2. The number of sulfonamides is 1. The molecule has 0 unspecified atom stereocenters. The van der Waals surface area contributed by atoms with Crippen LogP contribution in [0.25, 0.3) is 0 Å². The van der Waals surface area contributed by atoms with E-state index in [1.807, 2.05) is 30.3 Å². The maximum Gasteiger partial charge on any atom is 0.343 e. The lowest BCUT2D eigenvalue weighted by Gasteiger charge is -2.25. The van der Waals surface area contributed by atoms with Crippen molar-refractivity contribution >= 4 is 16.0 Å². The molecule has 0 spiro atoms. The number of piperidine rings is 1. The first-order valence-electron chi connectivity index (χ1n) is 10.2. The van der Waals surface area contributed by atoms with Gasteiger partial charge in [-0.05, 0) is 67.4 Å². The largest absolute Gasteiger partial charge is 0.457 e. The number of esters is 1. The van der Waals surface area contributed by atoms with Crippen LogP contribution in [0.4, 0.5) is 0 Å². The molecule has 0 atom stereocenters. The summed E-state index contributed by atoms with van der Waals surface area (Å²) in [5, 5.41) is 0. The molecule has 0 amide bonds. The molecule has 3 aromatic carbocycles. The molecule has 1 aliphatic rings. The highest BCUT2D eigenvalue weighted by molar-refractivity contribution is 7.89. The molecule has 1 fully saturated rings. The Hall–Kier alpha value is -3.16. The van der Waals surface area contributed by atoms with Gasteiger partial charge in [-0.2, -0.15) is 4.31 Å². The van der Waals surface area contributed by atoms with Crippen LogP contribution in [0.3, 0.4) is 0 Å². The molecule has 0 bridgehead atoms. The van der Waals surface area contributed by atoms with E-state index in [0.717, 1.165) is 19.3 Å². The Morgan fingerprint density at radius 1 is 0.742 bits per heavy atom. The van der Waals surface area contributed by atoms with Crippen LogP contribution in [0.15, 0.2) is 83.8 Å². The molecule has 0 N–H and O–H groups in total. The average molecular weight is 438 g/mol. The van der Waals surface area contributed by atoms with Crippen LogP contribution in [0.1, 0.15) is 29.6 Å². The Morgan fingerprint density at radius 3 is 2.10 bits per heavy atom. The van der Waals surface area contributed by atoms with Crippen molar-refractivity contribution < 1.29 is 22.7 Å². The molecule has 31 heavy (non-hydrogen) atoms. The first kappa shape index (κ1) is 21.1. The molecular weight excluding hydrogens is 414 g/mol. The summed E-state index contributed by atoms with van der Waals surface area (Å²) in [7, 11) is -3.62. The number of hydrogen-bond donors (Lipinski definition) is 0. The molecule has 0 saturated carbocycles. The van der Waals surface area contributed by atoms with Crippen molar-refractivity contribution in [2.75, 3.05) is 13.1 Å². The van der Waals surface area contributed by atoms with Crippen LogP contribution in [0.5, 0.6) is 17.2 Å². The summed E-state index contributed by atoms with van der Waals surface area (Å²) in [5.74, 6) is 1.04. The van der Waals surface area contributed by atoms with Crippen molar-refractivity contribution in [2.24, 2.45) is 0 Å². The summed E-state index contributed by atoms with van der Waals surface area (Å²) in [6.07, 6.45) is 2.74.